The molecule has 1 rings (SSSR count). The number of hydrogen-bond donors (Lipinski definition) is 2. The van der Waals surface area contributed by atoms with E-state index >= 15 is 0 Å². The molecule has 0 saturated heterocycles. The molecule has 0 aliphatic carbocycles. The van der Waals surface area contributed by atoms with E-state index in [1.165, 1.54) is 6.92 Å². The maximum atomic E-state index is 12.3. The van der Waals surface area contributed by atoms with Gasteiger partial charge in [-0.2, -0.15) is 13.2 Å². The van der Waals surface area contributed by atoms with Crippen molar-refractivity contribution in [1.82, 2.24) is 5.32 Å². The molecule has 0 heterocycles. The van der Waals surface area contributed by atoms with Crippen molar-refractivity contribution in [3.05, 3.63) is 24.3 Å². The highest BCUT2D eigenvalue weighted by molar-refractivity contribution is 7.99. The smallest absolute Gasteiger partial charge is 0.356 e. The summed E-state index contributed by atoms with van der Waals surface area (Å²) < 4.78 is 37.0. The Morgan fingerprint density at radius 1 is 1.12 bits per heavy atom. The van der Waals surface area contributed by atoms with Crippen LogP contribution < -0.4 is 10.6 Å². The van der Waals surface area contributed by atoms with Crippen molar-refractivity contribution in [1.29, 1.82) is 0 Å². The summed E-state index contributed by atoms with van der Waals surface area (Å²) in [5, 5.41) is 5.33. The fourth-order valence-corrected chi connectivity index (χ4v) is 2.69. The fraction of sp³-hybridized carbons (Fsp3) is 0.500. The second-order valence-electron chi connectivity index (χ2n) is 5.24. The van der Waals surface area contributed by atoms with Gasteiger partial charge in [0.2, 0.25) is 11.8 Å². The van der Waals surface area contributed by atoms with Crippen molar-refractivity contribution >= 4 is 29.3 Å². The van der Waals surface area contributed by atoms with Gasteiger partial charge >= 0.3 is 6.18 Å². The van der Waals surface area contributed by atoms with Crippen molar-refractivity contribution in [2.75, 3.05) is 17.6 Å². The van der Waals surface area contributed by atoms with Crippen LogP contribution in [0, 0.1) is 0 Å². The van der Waals surface area contributed by atoms with Gasteiger partial charge in [0.1, 0.15) is 0 Å². The van der Waals surface area contributed by atoms with Crippen LogP contribution in [-0.2, 0) is 9.59 Å². The van der Waals surface area contributed by atoms with Gasteiger partial charge in [-0.25, -0.2) is 0 Å². The quantitative estimate of drug-likeness (QED) is 0.516. The molecule has 4 nitrogen and oxygen atoms in total. The van der Waals surface area contributed by atoms with Crippen LogP contribution in [-0.4, -0.2) is 30.3 Å². The molecule has 0 bridgehead atoms. The largest absolute Gasteiger partial charge is 0.398 e. The number of unbranched alkanes of at least 4 members (excludes halogenated alkanes) is 2. The van der Waals surface area contributed by atoms with Crippen molar-refractivity contribution in [3.8, 4) is 0 Å². The van der Waals surface area contributed by atoms with Crippen LogP contribution in [0.1, 0.15) is 32.6 Å². The molecule has 1 aromatic rings. The molecule has 134 valence electrons. The Morgan fingerprint density at radius 3 is 2.50 bits per heavy atom. The number of benzene rings is 1. The van der Waals surface area contributed by atoms with Crippen molar-refractivity contribution < 1.29 is 22.8 Å². The van der Waals surface area contributed by atoms with E-state index < -0.39 is 11.9 Å². The molecule has 0 radical (unpaired) electrons. The summed E-state index contributed by atoms with van der Waals surface area (Å²) >= 11 is 0.654. The number of amides is 2. The van der Waals surface area contributed by atoms with E-state index in [1.807, 2.05) is 0 Å². The third-order valence-electron chi connectivity index (χ3n) is 3.01. The van der Waals surface area contributed by atoms with Gasteiger partial charge in [-0.3, -0.25) is 9.59 Å². The van der Waals surface area contributed by atoms with Crippen LogP contribution in [0.2, 0.25) is 0 Å². The SMILES string of the molecule is CC(=O)NCCCCCC(=O)Nc1ccccc1SCC(F)(F)F. The highest BCUT2D eigenvalue weighted by atomic mass is 32.2. The third kappa shape index (κ3) is 9.44. The van der Waals surface area contributed by atoms with E-state index in [0.717, 1.165) is 12.8 Å². The van der Waals surface area contributed by atoms with Crippen LogP contribution in [0.25, 0.3) is 0 Å². The topological polar surface area (TPSA) is 58.2 Å². The molecule has 0 aromatic heterocycles. The lowest BCUT2D eigenvalue weighted by Crippen LogP contribution is -2.20. The van der Waals surface area contributed by atoms with Crippen LogP contribution in [0.3, 0.4) is 0 Å². The number of halogens is 3. The number of nitrogens with one attached hydrogen (secondary N) is 2. The molecular formula is C16H21F3N2O2S. The number of anilines is 1. The van der Waals surface area contributed by atoms with Gasteiger partial charge in [0.15, 0.2) is 0 Å². The number of carbonyl (C=O) groups excluding carboxylic acids is 2. The molecule has 0 spiro atoms. The van der Waals surface area contributed by atoms with E-state index in [0.29, 0.717) is 41.7 Å². The Bertz CT molecular complexity index is 550. The molecule has 0 unspecified atom stereocenters. The van der Waals surface area contributed by atoms with Gasteiger partial charge in [-0.1, -0.05) is 18.6 Å². The van der Waals surface area contributed by atoms with Crippen molar-refractivity contribution in [2.45, 2.75) is 43.7 Å². The minimum atomic E-state index is -4.25. The van der Waals surface area contributed by atoms with Crippen LogP contribution in [0.4, 0.5) is 18.9 Å². The van der Waals surface area contributed by atoms with Crippen LogP contribution in [0.15, 0.2) is 29.2 Å². The van der Waals surface area contributed by atoms with Crippen molar-refractivity contribution in [2.24, 2.45) is 0 Å². The number of rotatable bonds is 9. The van der Waals surface area contributed by atoms with Gasteiger partial charge in [0.25, 0.3) is 0 Å². The lowest BCUT2D eigenvalue weighted by molar-refractivity contribution is -0.119. The summed E-state index contributed by atoms with van der Waals surface area (Å²) in [5.41, 5.74) is 0.398. The minimum absolute atomic E-state index is 0.0827. The predicted molar refractivity (Wildman–Crippen MR) is 89.0 cm³/mol. The minimum Gasteiger partial charge on any atom is -0.356 e. The number of carbonyl (C=O) groups is 2. The zero-order valence-corrected chi connectivity index (χ0v) is 14.2. The van der Waals surface area contributed by atoms with Crippen LogP contribution >= 0.6 is 11.8 Å². The maximum Gasteiger partial charge on any atom is 0.398 e. The third-order valence-corrected chi connectivity index (χ3v) is 4.15. The summed E-state index contributed by atoms with van der Waals surface area (Å²) in [4.78, 5) is 23.0. The molecule has 2 N–H and O–H groups in total. The highest BCUT2D eigenvalue weighted by Crippen LogP contribution is 2.32. The standard InChI is InChI=1S/C16H21F3N2O2S/c1-12(22)20-10-6-2-3-9-15(23)21-13-7-4-5-8-14(13)24-11-16(17,18)19/h4-5,7-8H,2-3,6,9-11H2,1H3,(H,20,22)(H,21,23). The Hall–Kier alpha value is -1.70. The maximum absolute atomic E-state index is 12.3. The Labute approximate surface area is 143 Å². The Balaban J connectivity index is 2.37. The van der Waals surface area contributed by atoms with E-state index in [2.05, 4.69) is 10.6 Å². The molecule has 1 aromatic carbocycles. The Morgan fingerprint density at radius 2 is 1.83 bits per heavy atom. The number of thioether (sulfide) groups is 1. The first-order valence-corrected chi connectivity index (χ1v) is 8.59. The lowest BCUT2D eigenvalue weighted by atomic mass is 10.2. The molecule has 0 atom stereocenters. The summed E-state index contributed by atoms with van der Waals surface area (Å²) in [6, 6.07) is 6.45. The predicted octanol–water partition coefficient (Wildman–Crippen LogP) is 3.98. The normalized spacial score (nSPS) is 11.2. The first-order chi connectivity index (χ1) is 11.3. The molecule has 0 aliphatic rings. The van der Waals surface area contributed by atoms with Gasteiger partial charge in [0.05, 0.1) is 11.4 Å². The number of para-hydroxylation sites is 1. The van der Waals surface area contributed by atoms with Gasteiger partial charge in [-0.15, -0.1) is 11.8 Å². The van der Waals surface area contributed by atoms with Crippen LogP contribution in [0.5, 0.6) is 0 Å². The zero-order valence-electron chi connectivity index (χ0n) is 13.4. The van der Waals surface area contributed by atoms with E-state index in [1.54, 1.807) is 24.3 Å². The molecule has 24 heavy (non-hydrogen) atoms. The first-order valence-electron chi connectivity index (χ1n) is 7.61. The van der Waals surface area contributed by atoms with Gasteiger partial charge < -0.3 is 10.6 Å². The molecular weight excluding hydrogens is 341 g/mol. The molecule has 0 saturated carbocycles. The van der Waals surface area contributed by atoms with E-state index in [4.69, 9.17) is 0 Å². The second kappa shape index (κ2) is 10.2. The highest BCUT2D eigenvalue weighted by Gasteiger charge is 2.27. The zero-order chi connectivity index (χ0) is 18.0. The lowest BCUT2D eigenvalue weighted by Gasteiger charge is -2.12. The Kier molecular flexibility index (Phi) is 8.67. The molecule has 2 amide bonds. The van der Waals surface area contributed by atoms with E-state index in [9.17, 15) is 22.8 Å². The second-order valence-corrected chi connectivity index (χ2v) is 6.26. The van der Waals surface area contributed by atoms with Crippen molar-refractivity contribution in [3.63, 3.8) is 0 Å². The number of hydrogen-bond acceptors (Lipinski definition) is 3. The summed E-state index contributed by atoms with van der Waals surface area (Å²) in [5.74, 6) is -1.31. The summed E-state index contributed by atoms with van der Waals surface area (Å²) in [6.45, 7) is 2.02. The first kappa shape index (κ1) is 20.3. The van der Waals surface area contributed by atoms with E-state index in [-0.39, 0.29) is 11.8 Å². The average Bonchev–Trinajstić information content (AvgIpc) is 2.49. The average molecular weight is 362 g/mol. The molecule has 0 aliphatic heterocycles. The van der Waals surface area contributed by atoms with Gasteiger partial charge in [0, 0.05) is 24.8 Å². The number of alkyl halides is 3. The molecule has 0 fully saturated rings. The summed E-state index contributed by atoms with van der Waals surface area (Å²) in [6.07, 6.45) is -1.74. The molecule has 8 heteroatoms. The summed E-state index contributed by atoms with van der Waals surface area (Å²) in [7, 11) is 0. The van der Waals surface area contributed by atoms with Gasteiger partial charge in [-0.05, 0) is 25.0 Å². The fourth-order valence-electron chi connectivity index (χ4n) is 1.92. The monoisotopic (exact) mass is 362 g/mol.